The minimum Gasteiger partial charge on any atom is -0.355 e. The number of benzene rings is 3. The van der Waals surface area contributed by atoms with Gasteiger partial charge in [-0.2, -0.15) is 0 Å². The minimum atomic E-state index is -3.62. The van der Waals surface area contributed by atoms with Crippen LogP contribution in [0.3, 0.4) is 0 Å². The van der Waals surface area contributed by atoms with Crippen molar-refractivity contribution in [1.82, 2.24) is 10.2 Å². The Kier molecular flexibility index (Phi) is 11.2. The Labute approximate surface area is 243 Å². The zero-order chi connectivity index (χ0) is 29.3. The fourth-order valence-electron chi connectivity index (χ4n) is 4.58. The van der Waals surface area contributed by atoms with E-state index in [4.69, 9.17) is 11.6 Å². The average Bonchev–Trinajstić information content (AvgIpc) is 2.91. The fourth-order valence-corrected chi connectivity index (χ4v) is 5.77. The molecule has 214 valence electrons. The topological polar surface area (TPSA) is 86.8 Å². The van der Waals surface area contributed by atoms with E-state index in [1.54, 1.807) is 30.0 Å². The molecule has 9 heteroatoms. The van der Waals surface area contributed by atoms with Crippen LogP contribution in [0.15, 0.2) is 72.8 Å². The summed E-state index contributed by atoms with van der Waals surface area (Å²) in [5.41, 5.74) is 4.10. The van der Waals surface area contributed by atoms with E-state index >= 15 is 0 Å². The number of carbonyl (C=O) groups excluding carboxylic acids is 2. The summed E-state index contributed by atoms with van der Waals surface area (Å²) in [6.07, 6.45) is 1.85. The van der Waals surface area contributed by atoms with E-state index in [9.17, 15) is 18.0 Å². The van der Waals surface area contributed by atoms with Gasteiger partial charge in [-0.05, 0) is 56.0 Å². The van der Waals surface area contributed by atoms with Gasteiger partial charge in [-0.15, -0.1) is 0 Å². The van der Waals surface area contributed by atoms with Gasteiger partial charge >= 0.3 is 0 Å². The van der Waals surface area contributed by atoms with Crippen LogP contribution in [0, 0.1) is 13.8 Å². The third kappa shape index (κ3) is 8.57. The van der Waals surface area contributed by atoms with Crippen molar-refractivity contribution in [2.45, 2.75) is 52.6 Å². The number of hydrogen-bond donors (Lipinski definition) is 1. The molecular weight excluding hydrogens is 546 g/mol. The first-order chi connectivity index (χ1) is 19.0. The summed E-state index contributed by atoms with van der Waals surface area (Å²) in [5.74, 6) is -0.442. The molecule has 2 amide bonds. The summed E-state index contributed by atoms with van der Waals surface area (Å²) >= 11 is 6.26. The van der Waals surface area contributed by atoms with Crippen molar-refractivity contribution in [3.05, 3.63) is 100 Å². The van der Waals surface area contributed by atoms with Gasteiger partial charge in [0.05, 0.1) is 11.9 Å². The highest BCUT2D eigenvalue weighted by Gasteiger charge is 2.30. The molecule has 0 spiro atoms. The smallest absolute Gasteiger partial charge is 0.243 e. The molecule has 0 heterocycles. The predicted octanol–water partition coefficient (Wildman–Crippen LogP) is 5.28. The Morgan fingerprint density at radius 3 is 2.23 bits per heavy atom. The second kappa shape index (κ2) is 14.3. The molecule has 40 heavy (non-hydrogen) atoms. The van der Waals surface area contributed by atoms with Gasteiger partial charge in [-0.3, -0.25) is 13.9 Å². The van der Waals surface area contributed by atoms with Gasteiger partial charge in [0.2, 0.25) is 21.8 Å². The first kappa shape index (κ1) is 31.2. The Bertz CT molecular complexity index is 1400. The number of carbonyl (C=O) groups is 2. The van der Waals surface area contributed by atoms with Crippen molar-refractivity contribution in [3.63, 3.8) is 0 Å². The third-order valence-electron chi connectivity index (χ3n) is 6.76. The summed E-state index contributed by atoms with van der Waals surface area (Å²) in [6, 6.07) is 21.9. The summed E-state index contributed by atoms with van der Waals surface area (Å²) < 4.78 is 26.7. The zero-order valence-corrected chi connectivity index (χ0v) is 25.1. The largest absolute Gasteiger partial charge is 0.355 e. The molecule has 1 N–H and O–H groups in total. The van der Waals surface area contributed by atoms with Gasteiger partial charge in [-0.25, -0.2) is 8.42 Å². The van der Waals surface area contributed by atoms with Crippen LogP contribution in [-0.2, 0) is 32.6 Å². The minimum absolute atomic E-state index is 0.0716. The lowest BCUT2D eigenvalue weighted by Gasteiger charge is -2.32. The van der Waals surface area contributed by atoms with Crippen molar-refractivity contribution >= 4 is 39.1 Å². The van der Waals surface area contributed by atoms with Crippen molar-refractivity contribution < 1.29 is 18.0 Å². The van der Waals surface area contributed by atoms with Crippen LogP contribution in [0.5, 0.6) is 0 Å². The molecule has 0 aromatic heterocycles. The number of aryl methyl sites for hydroxylation is 1. The molecular formula is C31H38ClN3O4S. The number of likely N-dealkylation sites (N-methyl/N-ethyl adjacent to an activating group) is 1. The van der Waals surface area contributed by atoms with Crippen LogP contribution in [-0.4, -0.2) is 50.5 Å². The molecule has 0 radical (unpaired) electrons. The Balaban J connectivity index is 1.87. The first-order valence-corrected chi connectivity index (χ1v) is 15.6. The standard InChI is InChI=1S/C31H38ClN3O4S/c1-5-33-31(37)29(21-25-11-7-6-8-12-25)34(22-26-18-16-23(2)17-19-26)30(36)15-10-20-35(40(4,38)39)28-14-9-13-27(32)24(28)3/h6-9,11-14,16-19,29H,5,10,15,20-22H2,1-4H3,(H,33,37)/t29-/m0/s1. The van der Waals surface area contributed by atoms with Crippen LogP contribution in [0.4, 0.5) is 5.69 Å². The van der Waals surface area contributed by atoms with Crippen molar-refractivity contribution in [3.8, 4) is 0 Å². The van der Waals surface area contributed by atoms with Gasteiger partial charge in [-0.1, -0.05) is 77.8 Å². The van der Waals surface area contributed by atoms with E-state index in [0.29, 0.717) is 29.2 Å². The van der Waals surface area contributed by atoms with E-state index in [-0.39, 0.29) is 37.7 Å². The molecule has 3 aromatic carbocycles. The Hall–Kier alpha value is -3.36. The molecule has 0 bridgehead atoms. The molecule has 3 rings (SSSR count). The second-order valence-corrected chi connectivity index (χ2v) is 12.2. The summed E-state index contributed by atoms with van der Waals surface area (Å²) in [7, 11) is -3.62. The highest BCUT2D eigenvalue weighted by molar-refractivity contribution is 7.92. The Morgan fingerprint density at radius 2 is 1.60 bits per heavy atom. The molecule has 0 aliphatic heterocycles. The number of anilines is 1. The van der Waals surface area contributed by atoms with Crippen LogP contribution < -0.4 is 9.62 Å². The highest BCUT2D eigenvalue weighted by Crippen LogP contribution is 2.28. The molecule has 0 saturated heterocycles. The van der Waals surface area contributed by atoms with Gasteiger partial charge in [0.15, 0.2) is 0 Å². The van der Waals surface area contributed by atoms with Gasteiger partial charge in [0, 0.05) is 37.5 Å². The molecule has 0 aliphatic carbocycles. The predicted molar refractivity (Wildman–Crippen MR) is 162 cm³/mol. The fraction of sp³-hybridized carbons (Fsp3) is 0.355. The van der Waals surface area contributed by atoms with E-state index in [1.807, 2.05) is 68.4 Å². The molecule has 1 atom stereocenters. The van der Waals surface area contributed by atoms with E-state index in [2.05, 4.69) is 5.32 Å². The Morgan fingerprint density at radius 1 is 0.925 bits per heavy atom. The third-order valence-corrected chi connectivity index (χ3v) is 8.34. The number of sulfonamides is 1. The summed E-state index contributed by atoms with van der Waals surface area (Å²) in [5, 5.41) is 3.36. The van der Waals surface area contributed by atoms with E-state index < -0.39 is 16.1 Å². The van der Waals surface area contributed by atoms with Crippen LogP contribution in [0.1, 0.15) is 42.0 Å². The average molecular weight is 584 g/mol. The maximum absolute atomic E-state index is 13.8. The van der Waals surface area contributed by atoms with Gasteiger partial charge < -0.3 is 10.2 Å². The van der Waals surface area contributed by atoms with Crippen LogP contribution in [0.2, 0.25) is 5.02 Å². The number of hydrogen-bond acceptors (Lipinski definition) is 4. The SMILES string of the molecule is CCNC(=O)[C@H](Cc1ccccc1)N(Cc1ccc(C)cc1)C(=O)CCCN(c1cccc(Cl)c1C)S(C)(=O)=O. The highest BCUT2D eigenvalue weighted by atomic mass is 35.5. The summed E-state index contributed by atoms with van der Waals surface area (Å²) in [4.78, 5) is 28.7. The molecule has 3 aromatic rings. The van der Waals surface area contributed by atoms with E-state index in [0.717, 1.165) is 22.9 Å². The number of halogens is 1. The number of nitrogens with zero attached hydrogens (tertiary/aromatic N) is 2. The first-order valence-electron chi connectivity index (χ1n) is 13.4. The molecule has 7 nitrogen and oxygen atoms in total. The normalized spacial score (nSPS) is 12.0. The van der Waals surface area contributed by atoms with E-state index in [1.165, 1.54) is 4.31 Å². The van der Waals surface area contributed by atoms with Crippen molar-refractivity contribution in [1.29, 1.82) is 0 Å². The molecule has 0 aliphatic rings. The quantitative estimate of drug-likeness (QED) is 0.297. The number of rotatable bonds is 13. The number of nitrogens with one attached hydrogen (secondary N) is 1. The summed E-state index contributed by atoms with van der Waals surface area (Å²) in [6.45, 7) is 6.42. The van der Waals surface area contributed by atoms with Crippen LogP contribution >= 0.6 is 11.6 Å². The second-order valence-electron chi connectivity index (χ2n) is 9.93. The molecule has 0 saturated carbocycles. The lowest BCUT2D eigenvalue weighted by molar-refractivity contribution is -0.141. The lowest BCUT2D eigenvalue weighted by Crippen LogP contribution is -2.50. The zero-order valence-electron chi connectivity index (χ0n) is 23.6. The maximum Gasteiger partial charge on any atom is 0.243 e. The molecule has 0 unspecified atom stereocenters. The molecule has 0 fully saturated rings. The lowest BCUT2D eigenvalue weighted by atomic mass is 10.0. The number of amides is 2. The van der Waals surface area contributed by atoms with Crippen molar-refractivity contribution in [2.75, 3.05) is 23.7 Å². The monoisotopic (exact) mass is 583 g/mol. The van der Waals surface area contributed by atoms with Crippen molar-refractivity contribution in [2.24, 2.45) is 0 Å². The van der Waals surface area contributed by atoms with Gasteiger partial charge in [0.25, 0.3) is 0 Å². The van der Waals surface area contributed by atoms with Gasteiger partial charge in [0.1, 0.15) is 6.04 Å². The maximum atomic E-state index is 13.8. The van der Waals surface area contributed by atoms with Crippen LogP contribution in [0.25, 0.3) is 0 Å².